The van der Waals surface area contributed by atoms with Crippen LogP contribution in [0.25, 0.3) is 0 Å². The van der Waals surface area contributed by atoms with E-state index in [0.717, 1.165) is 36.1 Å². The summed E-state index contributed by atoms with van der Waals surface area (Å²) in [5.41, 5.74) is 0. The number of aromatic nitrogens is 2. The molecule has 3 heterocycles. The molecular formula is C13H20N4O3S2. The molecule has 22 heavy (non-hydrogen) atoms. The Balaban J connectivity index is 1.38. The molecule has 2 aliphatic heterocycles. The Hall–Kier alpha value is -0.770. The maximum absolute atomic E-state index is 12.0. The van der Waals surface area contributed by atoms with Gasteiger partial charge in [0, 0.05) is 31.5 Å². The molecule has 2 saturated heterocycles. The zero-order chi connectivity index (χ0) is 15.3. The predicted octanol–water partition coefficient (Wildman–Crippen LogP) is 0.380. The Labute approximate surface area is 134 Å². The quantitative estimate of drug-likeness (QED) is 0.831. The van der Waals surface area contributed by atoms with Crippen LogP contribution in [0.3, 0.4) is 0 Å². The second-order valence-electron chi connectivity index (χ2n) is 6.40. The summed E-state index contributed by atoms with van der Waals surface area (Å²) in [7, 11) is -3.11. The molecule has 0 unspecified atom stereocenters. The highest BCUT2D eigenvalue weighted by molar-refractivity contribution is 7.90. The lowest BCUT2D eigenvalue weighted by atomic mass is 9.93. The number of anilines is 1. The Morgan fingerprint density at radius 2 is 2.18 bits per heavy atom. The van der Waals surface area contributed by atoms with E-state index >= 15 is 0 Å². The van der Waals surface area contributed by atoms with Crippen LogP contribution < -0.4 is 9.62 Å². The summed E-state index contributed by atoms with van der Waals surface area (Å²) in [6.07, 6.45) is 1.78. The highest BCUT2D eigenvalue weighted by Crippen LogP contribution is 2.37. The van der Waals surface area contributed by atoms with E-state index in [9.17, 15) is 8.42 Å². The fraction of sp³-hybridized carbons (Fsp3) is 0.846. The Bertz CT molecular complexity index is 658. The van der Waals surface area contributed by atoms with E-state index in [1.165, 1.54) is 0 Å². The molecule has 0 bridgehead atoms. The summed E-state index contributed by atoms with van der Waals surface area (Å²) in [5, 5.41) is 10.00. The second-order valence-corrected chi connectivity index (χ2v) is 9.60. The van der Waals surface area contributed by atoms with Crippen molar-refractivity contribution in [3.63, 3.8) is 0 Å². The van der Waals surface area contributed by atoms with Crippen molar-refractivity contribution in [3.05, 3.63) is 5.01 Å². The van der Waals surface area contributed by atoms with Gasteiger partial charge in [-0.1, -0.05) is 11.3 Å². The molecule has 0 aromatic carbocycles. The topological polar surface area (TPSA) is 84.4 Å². The lowest BCUT2D eigenvalue weighted by Gasteiger charge is -2.19. The third-order valence-corrected chi connectivity index (χ3v) is 7.55. The molecule has 4 rings (SSSR count). The third kappa shape index (κ3) is 2.75. The van der Waals surface area contributed by atoms with E-state index in [2.05, 4.69) is 19.8 Å². The van der Waals surface area contributed by atoms with Gasteiger partial charge in [-0.15, -0.1) is 10.2 Å². The average Bonchev–Trinajstić information content (AvgIpc) is 2.96. The van der Waals surface area contributed by atoms with Gasteiger partial charge in [0.2, 0.25) is 15.2 Å². The lowest BCUT2D eigenvalue weighted by Crippen LogP contribution is -2.35. The van der Waals surface area contributed by atoms with Crippen LogP contribution in [0.15, 0.2) is 0 Å². The standard InChI is InChI=1S/C13H20N4O3S2/c1-8-15-16-13(21-8)17-5-11-9(7-20-12(11)6-17)4-14-22(18,19)10-2-3-10/h9-12,14H,2-7H2,1H3/t9-,11-,12-/m0/s1. The smallest absolute Gasteiger partial charge is 0.214 e. The second kappa shape index (κ2) is 5.40. The number of rotatable bonds is 5. The molecule has 0 amide bonds. The zero-order valence-electron chi connectivity index (χ0n) is 12.4. The number of aryl methyl sites for hydroxylation is 1. The largest absolute Gasteiger partial charge is 0.376 e. The van der Waals surface area contributed by atoms with Gasteiger partial charge in [0.25, 0.3) is 0 Å². The molecule has 122 valence electrons. The number of hydrogen-bond donors (Lipinski definition) is 1. The van der Waals surface area contributed by atoms with Gasteiger partial charge in [0.15, 0.2) is 0 Å². The number of nitrogens with zero attached hydrogens (tertiary/aromatic N) is 3. The van der Waals surface area contributed by atoms with Crippen LogP contribution >= 0.6 is 11.3 Å². The van der Waals surface area contributed by atoms with Gasteiger partial charge in [-0.05, 0) is 19.8 Å². The number of nitrogens with one attached hydrogen (secondary N) is 1. The van der Waals surface area contributed by atoms with Gasteiger partial charge in [0.05, 0.1) is 18.0 Å². The number of sulfonamides is 1. The highest BCUT2D eigenvalue weighted by atomic mass is 32.2. The van der Waals surface area contributed by atoms with Crippen molar-refractivity contribution in [2.75, 3.05) is 31.1 Å². The molecule has 0 radical (unpaired) electrons. The summed E-state index contributed by atoms with van der Waals surface area (Å²) in [5.74, 6) is 0.614. The van der Waals surface area contributed by atoms with Crippen molar-refractivity contribution in [2.45, 2.75) is 31.1 Å². The van der Waals surface area contributed by atoms with Gasteiger partial charge < -0.3 is 9.64 Å². The monoisotopic (exact) mass is 344 g/mol. The number of ether oxygens (including phenoxy) is 1. The van der Waals surface area contributed by atoms with Crippen LogP contribution in [0.1, 0.15) is 17.8 Å². The van der Waals surface area contributed by atoms with E-state index in [1.807, 2.05) is 6.92 Å². The number of fused-ring (bicyclic) bond motifs is 1. The third-order valence-electron chi connectivity index (χ3n) is 4.73. The van der Waals surface area contributed by atoms with Crippen molar-refractivity contribution in [2.24, 2.45) is 11.8 Å². The van der Waals surface area contributed by atoms with Gasteiger partial charge in [-0.25, -0.2) is 13.1 Å². The van der Waals surface area contributed by atoms with Gasteiger partial charge in [-0.3, -0.25) is 0 Å². The molecule has 3 aliphatic rings. The van der Waals surface area contributed by atoms with Crippen LogP contribution in [-0.4, -0.2) is 56.2 Å². The molecule has 1 aromatic rings. The van der Waals surface area contributed by atoms with E-state index < -0.39 is 10.0 Å². The minimum atomic E-state index is -3.11. The molecule has 1 N–H and O–H groups in total. The van der Waals surface area contributed by atoms with E-state index in [0.29, 0.717) is 19.1 Å². The highest BCUT2D eigenvalue weighted by Gasteiger charge is 2.45. The fourth-order valence-corrected chi connectivity index (χ4v) is 5.44. The van der Waals surface area contributed by atoms with E-state index in [4.69, 9.17) is 4.74 Å². The van der Waals surface area contributed by atoms with Crippen molar-refractivity contribution in [3.8, 4) is 0 Å². The molecule has 3 fully saturated rings. The first-order valence-electron chi connectivity index (χ1n) is 7.68. The summed E-state index contributed by atoms with van der Waals surface area (Å²) >= 11 is 1.59. The van der Waals surface area contributed by atoms with E-state index in [1.54, 1.807) is 11.3 Å². The van der Waals surface area contributed by atoms with Crippen molar-refractivity contribution >= 4 is 26.5 Å². The zero-order valence-corrected chi connectivity index (χ0v) is 14.1. The summed E-state index contributed by atoms with van der Waals surface area (Å²) < 4.78 is 32.6. The molecule has 0 spiro atoms. The van der Waals surface area contributed by atoms with Crippen LogP contribution in [0.2, 0.25) is 0 Å². The van der Waals surface area contributed by atoms with Crippen LogP contribution in [0, 0.1) is 18.8 Å². The van der Waals surface area contributed by atoms with Crippen molar-refractivity contribution in [1.82, 2.24) is 14.9 Å². The SMILES string of the molecule is Cc1nnc(N2C[C@H]3[C@@H](CNS(=O)(=O)C4CC4)CO[C@H]3C2)s1. The Morgan fingerprint density at radius 3 is 2.86 bits per heavy atom. The first-order valence-corrected chi connectivity index (χ1v) is 10.0. The fourth-order valence-electron chi connectivity index (χ4n) is 3.30. The average molecular weight is 344 g/mol. The Morgan fingerprint density at radius 1 is 1.36 bits per heavy atom. The van der Waals surface area contributed by atoms with Crippen LogP contribution in [0.4, 0.5) is 5.13 Å². The minimum absolute atomic E-state index is 0.157. The van der Waals surface area contributed by atoms with Gasteiger partial charge >= 0.3 is 0 Å². The normalized spacial score (nSPS) is 31.7. The lowest BCUT2D eigenvalue weighted by molar-refractivity contribution is 0.111. The first kappa shape index (κ1) is 14.8. The molecule has 1 aliphatic carbocycles. The van der Waals surface area contributed by atoms with Crippen molar-refractivity contribution < 1.29 is 13.2 Å². The predicted molar refractivity (Wildman–Crippen MR) is 83.5 cm³/mol. The van der Waals surface area contributed by atoms with Gasteiger partial charge in [-0.2, -0.15) is 0 Å². The molecular weight excluding hydrogens is 324 g/mol. The minimum Gasteiger partial charge on any atom is -0.376 e. The summed E-state index contributed by atoms with van der Waals surface area (Å²) in [6, 6.07) is 0. The summed E-state index contributed by atoms with van der Waals surface area (Å²) in [6.45, 7) is 4.78. The molecule has 1 saturated carbocycles. The maximum atomic E-state index is 12.0. The van der Waals surface area contributed by atoms with Crippen LogP contribution in [-0.2, 0) is 14.8 Å². The Kier molecular flexibility index (Phi) is 3.63. The van der Waals surface area contributed by atoms with Crippen molar-refractivity contribution in [1.29, 1.82) is 0 Å². The molecule has 9 heteroatoms. The van der Waals surface area contributed by atoms with E-state index in [-0.39, 0.29) is 17.3 Å². The molecule has 3 atom stereocenters. The van der Waals surface area contributed by atoms with Gasteiger partial charge in [0.1, 0.15) is 5.01 Å². The summed E-state index contributed by atoms with van der Waals surface area (Å²) in [4.78, 5) is 2.21. The first-order chi connectivity index (χ1) is 10.5. The van der Waals surface area contributed by atoms with Crippen LogP contribution in [0.5, 0.6) is 0 Å². The maximum Gasteiger partial charge on any atom is 0.214 e. The number of hydrogen-bond acceptors (Lipinski definition) is 7. The molecule has 1 aromatic heterocycles. The molecule has 7 nitrogen and oxygen atoms in total.